The maximum absolute atomic E-state index is 11.6. The van der Waals surface area contributed by atoms with Crippen LogP contribution in [0.2, 0.25) is 0 Å². The van der Waals surface area contributed by atoms with Crippen LogP contribution in [0, 0.1) is 0 Å². The Balaban J connectivity index is 1.71. The summed E-state index contributed by atoms with van der Waals surface area (Å²) >= 11 is -1.85. The van der Waals surface area contributed by atoms with Crippen LogP contribution in [-0.4, -0.2) is 47.8 Å². The van der Waals surface area contributed by atoms with Crippen LogP contribution in [0.15, 0.2) is 42.5 Å². The molecule has 0 radical (unpaired) electrons. The van der Waals surface area contributed by atoms with Gasteiger partial charge in [-0.25, -0.2) is 4.21 Å². The van der Waals surface area contributed by atoms with Crippen LogP contribution in [0.3, 0.4) is 0 Å². The molecule has 1 unspecified atom stereocenters. The number of hydrogen-bond donors (Lipinski definition) is 2. The molecule has 0 heterocycles. The van der Waals surface area contributed by atoms with Gasteiger partial charge in [0, 0.05) is 12.2 Å². The Morgan fingerprint density at radius 1 is 1.00 bits per heavy atom. The van der Waals surface area contributed by atoms with Crippen molar-refractivity contribution in [3.8, 4) is 17.2 Å². The molecule has 1 atom stereocenters. The lowest BCUT2D eigenvalue weighted by molar-refractivity contribution is -0.121. The summed E-state index contributed by atoms with van der Waals surface area (Å²) < 4.78 is 35.6. The highest BCUT2D eigenvalue weighted by Gasteiger charge is 2.06. The lowest BCUT2D eigenvalue weighted by Crippen LogP contribution is -2.28. The summed E-state index contributed by atoms with van der Waals surface area (Å²) in [5, 5.41) is 2.75. The van der Waals surface area contributed by atoms with E-state index in [2.05, 4.69) is 17.4 Å². The summed E-state index contributed by atoms with van der Waals surface area (Å²) in [5.74, 6) is 2.22. The van der Waals surface area contributed by atoms with Crippen molar-refractivity contribution in [1.29, 1.82) is 0 Å². The summed E-state index contributed by atoms with van der Waals surface area (Å²) in [6, 6.07) is 14.0. The van der Waals surface area contributed by atoms with Gasteiger partial charge in [0.2, 0.25) is 5.91 Å². The van der Waals surface area contributed by atoms with Crippen LogP contribution < -0.4 is 19.5 Å². The van der Waals surface area contributed by atoms with Crippen molar-refractivity contribution in [3.05, 3.63) is 53.6 Å². The van der Waals surface area contributed by atoms with Gasteiger partial charge in [-0.1, -0.05) is 18.2 Å². The van der Waals surface area contributed by atoms with Gasteiger partial charge in [0.15, 0.2) is 22.6 Å². The van der Waals surface area contributed by atoms with Gasteiger partial charge < -0.3 is 24.1 Å². The van der Waals surface area contributed by atoms with E-state index in [1.165, 1.54) is 11.1 Å². The molecule has 2 N–H and O–H groups in total. The minimum atomic E-state index is -1.85. The molecule has 0 aliphatic carbocycles. The monoisotopic (exact) mass is 449 g/mol. The number of rotatable bonds is 14. The maximum atomic E-state index is 11.6. The van der Waals surface area contributed by atoms with Crippen molar-refractivity contribution in [2.24, 2.45) is 0 Å². The molecule has 0 saturated heterocycles. The third kappa shape index (κ3) is 9.40. The van der Waals surface area contributed by atoms with Gasteiger partial charge in [-0.05, 0) is 61.1 Å². The normalized spacial score (nSPS) is 11.6. The van der Waals surface area contributed by atoms with Gasteiger partial charge in [0.1, 0.15) is 12.4 Å². The first-order chi connectivity index (χ1) is 15.0. The molecule has 0 fully saturated rings. The molecule has 0 aliphatic heterocycles. The Labute approximate surface area is 186 Å². The van der Waals surface area contributed by atoms with Gasteiger partial charge in [0.25, 0.3) is 0 Å². The molecule has 0 bridgehead atoms. The van der Waals surface area contributed by atoms with E-state index < -0.39 is 11.1 Å². The number of benzene rings is 2. The number of aryl methyl sites for hydroxylation is 2. The average molecular weight is 450 g/mol. The Morgan fingerprint density at radius 2 is 1.74 bits per heavy atom. The third-order valence-corrected chi connectivity index (χ3v) is 5.33. The van der Waals surface area contributed by atoms with Gasteiger partial charge in [-0.15, -0.1) is 0 Å². The van der Waals surface area contributed by atoms with Gasteiger partial charge >= 0.3 is 0 Å². The molecule has 8 heteroatoms. The highest BCUT2D eigenvalue weighted by Crippen LogP contribution is 2.28. The summed E-state index contributed by atoms with van der Waals surface area (Å²) in [6.45, 7) is 0.761. The predicted octanol–water partition coefficient (Wildman–Crippen LogP) is 3.38. The molecule has 0 aliphatic rings. The van der Waals surface area contributed by atoms with E-state index in [1.807, 2.05) is 30.3 Å². The lowest BCUT2D eigenvalue weighted by Gasteiger charge is -2.10. The van der Waals surface area contributed by atoms with Gasteiger partial charge in [-0.2, -0.15) is 0 Å². The molecule has 2 aromatic rings. The van der Waals surface area contributed by atoms with E-state index in [0.29, 0.717) is 19.6 Å². The van der Waals surface area contributed by atoms with Crippen LogP contribution in [0.5, 0.6) is 17.2 Å². The van der Waals surface area contributed by atoms with Crippen LogP contribution in [-0.2, 0) is 28.7 Å². The first-order valence-corrected chi connectivity index (χ1v) is 11.6. The minimum absolute atomic E-state index is 0.114. The van der Waals surface area contributed by atoms with Crippen molar-refractivity contribution < 1.29 is 27.8 Å². The first kappa shape index (κ1) is 24.7. The van der Waals surface area contributed by atoms with Crippen LogP contribution in [0.4, 0.5) is 0 Å². The number of carbonyl (C=O) groups is 1. The van der Waals surface area contributed by atoms with E-state index in [0.717, 1.165) is 36.5 Å². The van der Waals surface area contributed by atoms with E-state index in [-0.39, 0.29) is 18.1 Å². The highest BCUT2D eigenvalue weighted by atomic mass is 32.2. The van der Waals surface area contributed by atoms with Crippen molar-refractivity contribution in [2.45, 2.75) is 32.1 Å². The number of hydrogen-bond acceptors (Lipinski definition) is 5. The second-order valence-corrected chi connectivity index (χ2v) is 8.07. The van der Waals surface area contributed by atoms with Gasteiger partial charge in [-0.3, -0.25) is 4.79 Å². The van der Waals surface area contributed by atoms with Crippen LogP contribution in [0.25, 0.3) is 0 Å². The molecular formula is C23H31NO6S. The zero-order chi connectivity index (χ0) is 22.5. The van der Waals surface area contributed by atoms with Crippen molar-refractivity contribution in [1.82, 2.24) is 5.32 Å². The van der Waals surface area contributed by atoms with Crippen molar-refractivity contribution >= 4 is 17.0 Å². The molecule has 1 amide bonds. The highest BCUT2D eigenvalue weighted by molar-refractivity contribution is 7.79. The number of ether oxygens (including phenoxy) is 3. The molecule has 2 rings (SSSR count). The second-order valence-electron chi connectivity index (χ2n) is 7.02. The first-order valence-electron chi connectivity index (χ1n) is 10.3. The smallest absolute Gasteiger partial charge is 0.220 e. The SMILES string of the molecule is COc1ccc(CCCc2cccc(OCCNC(=O)CCCS(=O)O)c2)cc1OC. The number of nitrogens with one attached hydrogen (secondary N) is 1. The largest absolute Gasteiger partial charge is 0.493 e. The second kappa shape index (κ2) is 13.7. The zero-order valence-corrected chi connectivity index (χ0v) is 18.9. The lowest BCUT2D eigenvalue weighted by atomic mass is 10.0. The van der Waals surface area contributed by atoms with Crippen molar-refractivity contribution in [2.75, 3.05) is 33.1 Å². The van der Waals surface area contributed by atoms with E-state index in [4.69, 9.17) is 18.8 Å². The molecule has 7 nitrogen and oxygen atoms in total. The van der Waals surface area contributed by atoms with E-state index in [9.17, 15) is 9.00 Å². The molecule has 0 spiro atoms. The summed E-state index contributed by atoms with van der Waals surface area (Å²) in [6.07, 6.45) is 3.48. The molecule has 2 aromatic carbocycles. The van der Waals surface area contributed by atoms with E-state index >= 15 is 0 Å². The van der Waals surface area contributed by atoms with Crippen LogP contribution in [0.1, 0.15) is 30.4 Å². The van der Waals surface area contributed by atoms with Crippen molar-refractivity contribution in [3.63, 3.8) is 0 Å². The quantitative estimate of drug-likeness (QED) is 0.339. The predicted molar refractivity (Wildman–Crippen MR) is 121 cm³/mol. The Kier molecular flexibility index (Phi) is 10.9. The Morgan fingerprint density at radius 3 is 2.45 bits per heavy atom. The molecule has 0 saturated carbocycles. The zero-order valence-electron chi connectivity index (χ0n) is 18.1. The summed E-state index contributed by atoms with van der Waals surface area (Å²) in [5.41, 5.74) is 2.39. The molecule has 0 aromatic heterocycles. The summed E-state index contributed by atoms with van der Waals surface area (Å²) in [4.78, 5) is 11.6. The summed E-state index contributed by atoms with van der Waals surface area (Å²) in [7, 11) is 3.27. The fourth-order valence-corrected chi connectivity index (χ4v) is 3.52. The number of amides is 1. The fourth-order valence-electron chi connectivity index (χ4n) is 3.13. The minimum Gasteiger partial charge on any atom is -0.493 e. The molecular weight excluding hydrogens is 418 g/mol. The van der Waals surface area contributed by atoms with Crippen LogP contribution >= 0.6 is 0 Å². The van der Waals surface area contributed by atoms with E-state index in [1.54, 1.807) is 14.2 Å². The number of methoxy groups -OCH3 is 2. The maximum Gasteiger partial charge on any atom is 0.220 e. The third-order valence-electron chi connectivity index (χ3n) is 4.69. The fraction of sp³-hybridized carbons (Fsp3) is 0.435. The Hall–Kier alpha value is -2.58. The molecule has 170 valence electrons. The average Bonchev–Trinajstić information content (AvgIpc) is 2.76. The standard InChI is InChI=1S/C23H31NO6S/c1-28-21-12-11-19(17-22(21)29-2)7-3-6-18-8-4-9-20(16-18)30-14-13-24-23(25)10-5-15-31(26)27/h4,8-9,11-12,16-17H,3,5-7,10,13-15H2,1-2H3,(H,24,25)(H,26,27). The molecule has 31 heavy (non-hydrogen) atoms. The van der Waals surface area contributed by atoms with Gasteiger partial charge in [0.05, 0.1) is 20.8 Å². The number of carbonyl (C=O) groups excluding carboxylic acids is 1. The topological polar surface area (TPSA) is 94.1 Å². The Bertz CT molecular complexity index is 858.